The van der Waals surface area contributed by atoms with Crippen molar-refractivity contribution in [3.8, 4) is 0 Å². The van der Waals surface area contributed by atoms with E-state index in [4.69, 9.17) is 5.73 Å². The molecule has 3 aliphatic rings. The Labute approximate surface area is 119 Å². The summed E-state index contributed by atoms with van der Waals surface area (Å²) in [7, 11) is 2.39. The maximum absolute atomic E-state index is 6.29. The number of hydrogen-bond acceptors (Lipinski definition) is 2. The molecule has 0 heterocycles. The quantitative estimate of drug-likeness (QED) is 0.841. The Hall–Kier alpha value is -0.0800. The van der Waals surface area contributed by atoms with E-state index < -0.39 is 0 Å². The number of hydrogen-bond donors (Lipinski definition) is 1. The van der Waals surface area contributed by atoms with Crippen molar-refractivity contribution in [3.63, 3.8) is 0 Å². The van der Waals surface area contributed by atoms with Gasteiger partial charge in [-0.3, -0.25) is 4.90 Å². The maximum Gasteiger partial charge on any atom is 0.0334 e. The predicted molar refractivity (Wildman–Crippen MR) is 81.1 cm³/mol. The summed E-state index contributed by atoms with van der Waals surface area (Å²) < 4.78 is 0. The molecular weight excluding hydrogens is 232 g/mol. The van der Waals surface area contributed by atoms with Crippen molar-refractivity contribution in [1.82, 2.24) is 4.90 Å². The number of rotatable bonds is 4. The van der Waals surface area contributed by atoms with Crippen LogP contribution in [0.1, 0.15) is 70.6 Å². The first-order valence-electron chi connectivity index (χ1n) is 8.68. The van der Waals surface area contributed by atoms with Crippen molar-refractivity contribution in [1.29, 1.82) is 0 Å². The zero-order valence-electron chi connectivity index (χ0n) is 12.7. The Morgan fingerprint density at radius 2 is 1.68 bits per heavy atom. The molecule has 3 saturated carbocycles. The largest absolute Gasteiger partial charge is 0.329 e. The van der Waals surface area contributed by atoms with Crippen LogP contribution < -0.4 is 5.73 Å². The maximum atomic E-state index is 6.29. The molecule has 0 aromatic heterocycles. The van der Waals surface area contributed by atoms with Crippen LogP contribution in [0.3, 0.4) is 0 Å². The Balaban J connectivity index is 1.69. The standard InChI is InChI=1S/C17H32N2/c1-19(16-7-3-2-4-8-16)17(13-18)11-5-6-15(12-17)14-9-10-14/h14-16H,2-13,18H2,1H3. The van der Waals surface area contributed by atoms with Gasteiger partial charge in [-0.1, -0.05) is 32.1 Å². The number of nitrogens with zero attached hydrogens (tertiary/aromatic N) is 1. The molecule has 3 rings (SSSR count). The molecule has 3 fully saturated rings. The fourth-order valence-electron chi connectivity index (χ4n) is 4.86. The average molecular weight is 264 g/mol. The van der Waals surface area contributed by atoms with Crippen LogP contribution in [0.25, 0.3) is 0 Å². The minimum absolute atomic E-state index is 0.341. The lowest BCUT2D eigenvalue weighted by Gasteiger charge is -2.50. The molecule has 2 N–H and O–H groups in total. The fraction of sp³-hybridized carbons (Fsp3) is 1.00. The van der Waals surface area contributed by atoms with Gasteiger partial charge in [-0.15, -0.1) is 0 Å². The van der Waals surface area contributed by atoms with Crippen LogP contribution in [0.5, 0.6) is 0 Å². The van der Waals surface area contributed by atoms with E-state index in [2.05, 4.69) is 11.9 Å². The molecule has 19 heavy (non-hydrogen) atoms. The Kier molecular flexibility index (Phi) is 4.19. The topological polar surface area (TPSA) is 29.3 Å². The van der Waals surface area contributed by atoms with Crippen molar-refractivity contribution in [2.75, 3.05) is 13.6 Å². The van der Waals surface area contributed by atoms with E-state index in [-0.39, 0.29) is 0 Å². The van der Waals surface area contributed by atoms with Crippen LogP contribution in [0.15, 0.2) is 0 Å². The van der Waals surface area contributed by atoms with Crippen LogP contribution in [0.4, 0.5) is 0 Å². The van der Waals surface area contributed by atoms with E-state index in [0.29, 0.717) is 5.54 Å². The third kappa shape index (κ3) is 2.85. The van der Waals surface area contributed by atoms with E-state index in [9.17, 15) is 0 Å². The Morgan fingerprint density at radius 3 is 2.32 bits per heavy atom. The summed E-state index contributed by atoms with van der Waals surface area (Å²) in [6, 6.07) is 0.815. The summed E-state index contributed by atoms with van der Waals surface area (Å²) in [6.45, 7) is 0.878. The number of nitrogens with two attached hydrogens (primary N) is 1. The molecular formula is C17H32N2. The van der Waals surface area contributed by atoms with Gasteiger partial charge in [0, 0.05) is 18.1 Å². The third-order valence-corrected chi connectivity index (χ3v) is 6.40. The first-order chi connectivity index (χ1) is 9.25. The predicted octanol–water partition coefficient (Wildman–Crippen LogP) is 3.55. The van der Waals surface area contributed by atoms with Gasteiger partial charge in [0.2, 0.25) is 0 Å². The van der Waals surface area contributed by atoms with Crippen LogP contribution in [0.2, 0.25) is 0 Å². The SMILES string of the molecule is CN(C1CCCCC1)C1(CN)CCCC(C2CC2)C1. The minimum atomic E-state index is 0.341. The smallest absolute Gasteiger partial charge is 0.0334 e. The van der Waals surface area contributed by atoms with Gasteiger partial charge in [-0.05, 0) is 57.4 Å². The molecule has 2 heteroatoms. The molecule has 110 valence electrons. The highest BCUT2D eigenvalue weighted by Gasteiger charge is 2.45. The van der Waals surface area contributed by atoms with Crippen molar-refractivity contribution in [2.45, 2.75) is 82.2 Å². The van der Waals surface area contributed by atoms with E-state index >= 15 is 0 Å². The lowest BCUT2D eigenvalue weighted by Crippen LogP contribution is -2.58. The highest BCUT2D eigenvalue weighted by Crippen LogP contribution is 2.48. The van der Waals surface area contributed by atoms with E-state index in [1.165, 1.54) is 70.6 Å². The molecule has 0 amide bonds. The zero-order valence-corrected chi connectivity index (χ0v) is 12.7. The van der Waals surface area contributed by atoms with Crippen LogP contribution in [-0.4, -0.2) is 30.1 Å². The van der Waals surface area contributed by atoms with E-state index in [1.54, 1.807) is 0 Å². The Morgan fingerprint density at radius 1 is 0.947 bits per heavy atom. The first-order valence-corrected chi connectivity index (χ1v) is 8.68. The van der Waals surface area contributed by atoms with Gasteiger partial charge in [0.05, 0.1) is 0 Å². The van der Waals surface area contributed by atoms with Gasteiger partial charge in [0.15, 0.2) is 0 Å². The summed E-state index contributed by atoms with van der Waals surface area (Å²) >= 11 is 0. The summed E-state index contributed by atoms with van der Waals surface area (Å²) in [5, 5.41) is 0. The molecule has 0 bridgehead atoms. The van der Waals surface area contributed by atoms with Crippen LogP contribution in [-0.2, 0) is 0 Å². The molecule has 2 atom stereocenters. The van der Waals surface area contributed by atoms with Crippen molar-refractivity contribution >= 4 is 0 Å². The molecule has 0 aromatic carbocycles. The zero-order chi connectivity index (χ0) is 13.3. The molecule has 0 radical (unpaired) electrons. The highest BCUT2D eigenvalue weighted by molar-refractivity contribution is 5.00. The van der Waals surface area contributed by atoms with Crippen molar-refractivity contribution in [3.05, 3.63) is 0 Å². The second-order valence-corrected chi connectivity index (χ2v) is 7.53. The van der Waals surface area contributed by atoms with Gasteiger partial charge in [0.1, 0.15) is 0 Å². The highest BCUT2D eigenvalue weighted by atomic mass is 15.2. The second-order valence-electron chi connectivity index (χ2n) is 7.53. The lowest BCUT2D eigenvalue weighted by molar-refractivity contribution is 0.00792. The second kappa shape index (κ2) is 5.73. The van der Waals surface area contributed by atoms with Crippen LogP contribution >= 0.6 is 0 Å². The summed E-state index contributed by atoms with van der Waals surface area (Å²) in [4.78, 5) is 2.74. The molecule has 0 aliphatic heterocycles. The molecule has 0 aromatic rings. The van der Waals surface area contributed by atoms with Crippen molar-refractivity contribution < 1.29 is 0 Å². The summed E-state index contributed by atoms with van der Waals surface area (Å²) in [5.74, 6) is 2.05. The third-order valence-electron chi connectivity index (χ3n) is 6.40. The summed E-state index contributed by atoms with van der Waals surface area (Å²) in [6.07, 6.45) is 15.8. The number of likely N-dealkylation sites (N-methyl/N-ethyl adjacent to an activating group) is 1. The van der Waals surface area contributed by atoms with Gasteiger partial charge in [-0.25, -0.2) is 0 Å². The Bertz CT molecular complexity index is 294. The minimum Gasteiger partial charge on any atom is -0.329 e. The average Bonchev–Trinajstić information content (AvgIpc) is 3.32. The normalized spacial score (nSPS) is 37.7. The first kappa shape index (κ1) is 13.9. The van der Waals surface area contributed by atoms with Crippen LogP contribution in [0, 0.1) is 11.8 Å². The van der Waals surface area contributed by atoms with Gasteiger partial charge in [-0.2, -0.15) is 0 Å². The molecule has 0 spiro atoms. The lowest BCUT2D eigenvalue weighted by atomic mass is 9.72. The van der Waals surface area contributed by atoms with Crippen molar-refractivity contribution in [2.24, 2.45) is 17.6 Å². The van der Waals surface area contributed by atoms with Gasteiger partial charge >= 0.3 is 0 Å². The summed E-state index contributed by atoms with van der Waals surface area (Å²) in [5.41, 5.74) is 6.63. The van der Waals surface area contributed by atoms with E-state index in [0.717, 1.165) is 24.4 Å². The molecule has 2 unspecified atom stereocenters. The van der Waals surface area contributed by atoms with Gasteiger partial charge < -0.3 is 5.73 Å². The van der Waals surface area contributed by atoms with Gasteiger partial charge in [0.25, 0.3) is 0 Å². The fourth-order valence-corrected chi connectivity index (χ4v) is 4.86. The molecule has 3 aliphatic carbocycles. The van der Waals surface area contributed by atoms with E-state index in [1.807, 2.05) is 0 Å². The molecule has 0 saturated heterocycles. The monoisotopic (exact) mass is 264 g/mol. The molecule has 2 nitrogen and oxygen atoms in total.